The maximum Gasteiger partial charge on any atom is 0.129 e. The first-order chi connectivity index (χ1) is 5.33. The number of aromatic nitrogens is 1. The third kappa shape index (κ3) is 3.98. The normalized spacial score (nSPS) is 8.36. The van der Waals surface area contributed by atoms with E-state index in [2.05, 4.69) is 4.98 Å². The summed E-state index contributed by atoms with van der Waals surface area (Å²) in [6.45, 7) is 5.92. The van der Waals surface area contributed by atoms with Crippen molar-refractivity contribution in [2.24, 2.45) is 0 Å². The lowest BCUT2D eigenvalue weighted by molar-refractivity contribution is 0.918. The van der Waals surface area contributed by atoms with E-state index in [4.69, 9.17) is 0 Å². The zero-order valence-corrected chi connectivity index (χ0v) is 7.78. The summed E-state index contributed by atoms with van der Waals surface area (Å²) in [5, 5.41) is 0.417. The maximum absolute atomic E-state index is 11.7. The molecule has 0 amide bonds. The highest BCUT2D eigenvalue weighted by Gasteiger charge is 1.90. The molecule has 0 unspecified atom stereocenters. The van der Waals surface area contributed by atoms with Crippen molar-refractivity contribution in [3.05, 3.63) is 23.9 Å². The van der Waals surface area contributed by atoms with Gasteiger partial charge in [-0.25, -0.2) is 4.98 Å². The van der Waals surface area contributed by atoms with Crippen LogP contribution in [0.5, 0.6) is 0 Å². The Bertz CT molecular complexity index is 186. The van der Waals surface area contributed by atoms with E-state index in [1.54, 1.807) is 12.3 Å². The van der Waals surface area contributed by atoms with Gasteiger partial charge in [-0.1, -0.05) is 19.9 Å². The number of pyridine rings is 1. The molecule has 1 aromatic heterocycles. The Hall–Kier alpha value is -0.570. The molecule has 1 heterocycles. The van der Waals surface area contributed by atoms with Gasteiger partial charge in [0.15, 0.2) is 0 Å². The number of halogens is 1. The van der Waals surface area contributed by atoms with Gasteiger partial charge in [0.1, 0.15) is 17.2 Å². The highest BCUT2D eigenvalue weighted by atomic mass is 32.2. The molecule has 0 saturated carbocycles. The summed E-state index contributed by atoms with van der Waals surface area (Å²) in [5.74, 6) is 0. The lowest BCUT2D eigenvalue weighted by Crippen LogP contribution is -1.76. The molecule has 0 aliphatic heterocycles. The summed E-state index contributed by atoms with van der Waals surface area (Å²) in [4.78, 5) is 3.78. The van der Waals surface area contributed by atoms with E-state index in [1.807, 2.05) is 26.8 Å². The fourth-order valence-electron chi connectivity index (χ4n) is 0.500. The van der Waals surface area contributed by atoms with Crippen LogP contribution in [0.15, 0.2) is 23.4 Å². The Morgan fingerprint density at radius 3 is 2.36 bits per heavy atom. The summed E-state index contributed by atoms with van der Waals surface area (Å²) < 4.78 is 11.7. The summed E-state index contributed by atoms with van der Waals surface area (Å²) in [6, 6.07) is 3.48. The van der Waals surface area contributed by atoms with E-state index < -0.39 is 0 Å². The molecule has 0 N–H and O–H groups in total. The van der Waals surface area contributed by atoms with Crippen molar-refractivity contribution in [3.8, 4) is 0 Å². The molecule has 0 radical (unpaired) electrons. The van der Waals surface area contributed by atoms with Crippen molar-refractivity contribution >= 4 is 12.1 Å². The molecule has 0 fully saturated rings. The van der Waals surface area contributed by atoms with Gasteiger partial charge in [-0.2, -0.15) is 3.89 Å². The Kier molecular flexibility index (Phi) is 5.84. The summed E-state index contributed by atoms with van der Waals surface area (Å²) in [5.41, 5.74) is 1.05. The average molecular weight is 173 g/mol. The van der Waals surface area contributed by atoms with Gasteiger partial charge >= 0.3 is 0 Å². The van der Waals surface area contributed by atoms with Gasteiger partial charge in [-0.05, 0) is 18.6 Å². The molecule has 0 saturated heterocycles. The lowest BCUT2D eigenvalue weighted by Gasteiger charge is -1.90. The van der Waals surface area contributed by atoms with Gasteiger partial charge < -0.3 is 0 Å². The van der Waals surface area contributed by atoms with Crippen molar-refractivity contribution in [2.45, 2.75) is 25.8 Å². The molecule has 0 aromatic carbocycles. The first-order valence-corrected chi connectivity index (χ1v) is 4.26. The molecular formula is C8H12FNS. The van der Waals surface area contributed by atoms with E-state index in [0.29, 0.717) is 5.03 Å². The zero-order valence-electron chi connectivity index (χ0n) is 6.97. The lowest BCUT2D eigenvalue weighted by atomic mass is 10.3. The Morgan fingerprint density at radius 1 is 1.36 bits per heavy atom. The van der Waals surface area contributed by atoms with Crippen LogP contribution >= 0.6 is 12.1 Å². The molecule has 1 aromatic rings. The predicted molar refractivity (Wildman–Crippen MR) is 47.3 cm³/mol. The fourth-order valence-corrected chi connectivity index (χ4v) is 0.712. The topological polar surface area (TPSA) is 12.9 Å². The van der Waals surface area contributed by atoms with Crippen molar-refractivity contribution in [1.82, 2.24) is 4.98 Å². The Balaban J connectivity index is 0.000000461. The minimum atomic E-state index is 0.166. The van der Waals surface area contributed by atoms with Crippen LogP contribution in [0.4, 0.5) is 3.89 Å². The molecular weight excluding hydrogens is 161 g/mol. The molecule has 1 rings (SSSR count). The van der Waals surface area contributed by atoms with Crippen LogP contribution in [0.1, 0.15) is 19.4 Å². The second kappa shape index (κ2) is 6.16. The van der Waals surface area contributed by atoms with Crippen LogP contribution in [-0.4, -0.2) is 4.98 Å². The molecule has 3 heteroatoms. The van der Waals surface area contributed by atoms with Gasteiger partial charge in [0.2, 0.25) is 0 Å². The second-order valence-electron chi connectivity index (χ2n) is 1.75. The predicted octanol–water partition coefficient (Wildman–Crippen LogP) is 3.39. The van der Waals surface area contributed by atoms with Gasteiger partial charge in [0, 0.05) is 6.20 Å². The third-order valence-corrected chi connectivity index (χ3v) is 1.36. The van der Waals surface area contributed by atoms with Gasteiger partial charge in [-0.15, -0.1) is 0 Å². The van der Waals surface area contributed by atoms with Crippen LogP contribution in [0.3, 0.4) is 0 Å². The first kappa shape index (κ1) is 10.4. The fraction of sp³-hybridized carbons (Fsp3) is 0.375. The van der Waals surface area contributed by atoms with Crippen LogP contribution in [0, 0.1) is 6.92 Å². The minimum absolute atomic E-state index is 0.166. The number of hydrogen-bond acceptors (Lipinski definition) is 2. The van der Waals surface area contributed by atoms with Crippen LogP contribution < -0.4 is 0 Å². The van der Waals surface area contributed by atoms with Crippen LogP contribution in [0.2, 0.25) is 0 Å². The number of aryl methyl sites for hydroxylation is 1. The van der Waals surface area contributed by atoms with E-state index >= 15 is 0 Å². The van der Waals surface area contributed by atoms with Crippen LogP contribution in [-0.2, 0) is 0 Å². The van der Waals surface area contributed by atoms with E-state index in [9.17, 15) is 3.89 Å². The highest BCUT2D eigenvalue weighted by molar-refractivity contribution is 7.94. The quantitative estimate of drug-likeness (QED) is 0.645. The second-order valence-corrected chi connectivity index (χ2v) is 2.32. The smallest absolute Gasteiger partial charge is 0.129 e. The average Bonchev–Trinajstić information content (AvgIpc) is 2.10. The SMILES string of the molecule is CC.Cc1ccc(SF)nc1. The highest BCUT2D eigenvalue weighted by Crippen LogP contribution is 2.14. The van der Waals surface area contributed by atoms with Crippen LogP contribution in [0.25, 0.3) is 0 Å². The van der Waals surface area contributed by atoms with Gasteiger partial charge in [0.25, 0.3) is 0 Å². The molecule has 0 spiro atoms. The van der Waals surface area contributed by atoms with Crippen molar-refractivity contribution in [1.29, 1.82) is 0 Å². The standard InChI is InChI=1S/C6H6FNS.C2H6/c1-5-2-3-6(9-7)8-4-5;1-2/h2-4H,1H3;1-2H3. The number of nitrogens with zero attached hydrogens (tertiary/aromatic N) is 1. The van der Waals surface area contributed by atoms with Crippen molar-refractivity contribution in [3.63, 3.8) is 0 Å². The largest absolute Gasteiger partial charge is 0.247 e. The van der Waals surface area contributed by atoms with E-state index in [-0.39, 0.29) is 12.1 Å². The van der Waals surface area contributed by atoms with Crippen molar-refractivity contribution < 1.29 is 3.89 Å². The molecule has 0 aliphatic carbocycles. The Labute approximate surface area is 71.3 Å². The molecule has 62 valence electrons. The minimum Gasteiger partial charge on any atom is -0.247 e. The molecule has 11 heavy (non-hydrogen) atoms. The van der Waals surface area contributed by atoms with E-state index in [0.717, 1.165) is 5.56 Å². The molecule has 1 nitrogen and oxygen atoms in total. The summed E-state index contributed by atoms with van der Waals surface area (Å²) in [7, 11) is 0. The number of hydrogen-bond donors (Lipinski definition) is 0. The summed E-state index contributed by atoms with van der Waals surface area (Å²) >= 11 is 0.166. The molecule has 0 atom stereocenters. The molecule has 0 aliphatic rings. The van der Waals surface area contributed by atoms with Gasteiger partial charge in [0.05, 0.1) is 0 Å². The van der Waals surface area contributed by atoms with E-state index in [1.165, 1.54) is 0 Å². The van der Waals surface area contributed by atoms with Crippen molar-refractivity contribution in [2.75, 3.05) is 0 Å². The number of rotatable bonds is 1. The monoisotopic (exact) mass is 173 g/mol. The Morgan fingerprint density at radius 2 is 2.00 bits per heavy atom. The zero-order chi connectivity index (χ0) is 8.69. The van der Waals surface area contributed by atoms with Gasteiger partial charge in [-0.3, -0.25) is 0 Å². The third-order valence-electron chi connectivity index (χ3n) is 0.963. The molecule has 0 bridgehead atoms. The summed E-state index contributed by atoms with van der Waals surface area (Å²) in [6.07, 6.45) is 1.64. The maximum atomic E-state index is 11.7. The first-order valence-electron chi connectivity index (χ1n) is 3.54.